The van der Waals surface area contributed by atoms with Crippen LogP contribution in [0.5, 0.6) is 0 Å². The smallest absolute Gasteiger partial charge is 0.330 e. The van der Waals surface area contributed by atoms with Crippen molar-refractivity contribution in [2.45, 2.75) is 25.6 Å². The average molecular weight is 440 g/mol. The fourth-order valence-electron chi connectivity index (χ4n) is 3.49. The maximum absolute atomic E-state index is 13.5. The van der Waals surface area contributed by atoms with Crippen LogP contribution >= 0.6 is 11.6 Å². The van der Waals surface area contributed by atoms with Crippen molar-refractivity contribution < 1.29 is 22.4 Å². The van der Waals surface area contributed by atoms with E-state index in [0.717, 1.165) is 12.1 Å². The van der Waals surface area contributed by atoms with E-state index in [9.17, 15) is 22.4 Å². The fourth-order valence-corrected chi connectivity index (χ4v) is 3.80. The van der Waals surface area contributed by atoms with Crippen LogP contribution in [0.3, 0.4) is 0 Å². The second kappa shape index (κ2) is 7.35. The maximum Gasteiger partial charge on any atom is 0.417 e. The molecule has 0 fully saturated rings. The van der Waals surface area contributed by atoms with Crippen LogP contribution in [0.15, 0.2) is 36.4 Å². The zero-order valence-electron chi connectivity index (χ0n) is 15.5. The Kier molecular flexibility index (Phi) is 4.97. The highest BCUT2D eigenvalue weighted by Crippen LogP contribution is 2.38. The first-order valence-corrected chi connectivity index (χ1v) is 9.30. The van der Waals surface area contributed by atoms with Gasteiger partial charge in [-0.2, -0.15) is 22.2 Å². The number of amides is 1. The van der Waals surface area contributed by atoms with Gasteiger partial charge in [-0.3, -0.25) is 4.79 Å². The van der Waals surface area contributed by atoms with E-state index >= 15 is 0 Å². The normalized spacial score (nSPS) is 16.5. The van der Waals surface area contributed by atoms with E-state index in [2.05, 4.69) is 15.3 Å². The Morgan fingerprint density at radius 3 is 2.63 bits per heavy atom. The van der Waals surface area contributed by atoms with Gasteiger partial charge in [-0.05, 0) is 31.2 Å². The Morgan fingerprint density at radius 2 is 1.93 bits per heavy atom. The van der Waals surface area contributed by atoms with Crippen LogP contribution in [0.2, 0.25) is 5.02 Å². The van der Waals surface area contributed by atoms with E-state index in [1.807, 2.05) is 0 Å². The van der Waals surface area contributed by atoms with Crippen LogP contribution in [-0.2, 0) is 12.6 Å². The SMILES string of the molecule is C[C@H]1c2nnn(-c3cccc(F)n3)c2CCN1C(=O)c1cccc(C(F)(F)F)c1Cl. The van der Waals surface area contributed by atoms with Crippen LogP contribution in [-0.4, -0.2) is 37.3 Å². The van der Waals surface area contributed by atoms with Gasteiger partial charge in [0.1, 0.15) is 5.69 Å². The molecule has 156 valence electrons. The van der Waals surface area contributed by atoms with Gasteiger partial charge in [0, 0.05) is 13.0 Å². The Hall–Kier alpha value is -3.01. The van der Waals surface area contributed by atoms with Crippen LogP contribution in [0.4, 0.5) is 17.6 Å². The third kappa shape index (κ3) is 3.41. The first kappa shape index (κ1) is 20.3. The van der Waals surface area contributed by atoms with E-state index in [1.165, 1.54) is 27.8 Å². The number of nitrogens with zero attached hydrogens (tertiary/aromatic N) is 5. The summed E-state index contributed by atoms with van der Waals surface area (Å²) in [5.41, 5.74) is -0.187. The Labute approximate surface area is 173 Å². The lowest BCUT2D eigenvalue weighted by Gasteiger charge is -2.33. The molecule has 1 aromatic carbocycles. The van der Waals surface area contributed by atoms with Crippen molar-refractivity contribution >= 4 is 17.5 Å². The van der Waals surface area contributed by atoms with Crippen LogP contribution in [0, 0.1) is 5.95 Å². The molecule has 1 amide bonds. The van der Waals surface area contributed by atoms with Gasteiger partial charge in [-0.15, -0.1) is 5.10 Å². The van der Waals surface area contributed by atoms with Crippen molar-refractivity contribution in [1.82, 2.24) is 24.9 Å². The second-order valence-corrected chi connectivity index (χ2v) is 7.12. The minimum absolute atomic E-state index is 0.197. The van der Waals surface area contributed by atoms with Crippen LogP contribution in [0.1, 0.15) is 40.3 Å². The van der Waals surface area contributed by atoms with Gasteiger partial charge < -0.3 is 4.90 Å². The molecule has 0 saturated carbocycles. The summed E-state index contributed by atoms with van der Waals surface area (Å²) in [5.74, 6) is -1.06. The number of alkyl halides is 3. The second-order valence-electron chi connectivity index (χ2n) is 6.74. The molecule has 30 heavy (non-hydrogen) atoms. The first-order valence-electron chi connectivity index (χ1n) is 8.92. The van der Waals surface area contributed by atoms with Crippen molar-refractivity contribution in [3.8, 4) is 5.82 Å². The maximum atomic E-state index is 13.5. The first-order chi connectivity index (χ1) is 14.2. The average Bonchev–Trinajstić information content (AvgIpc) is 3.12. The third-order valence-electron chi connectivity index (χ3n) is 4.96. The predicted molar refractivity (Wildman–Crippen MR) is 98.7 cm³/mol. The largest absolute Gasteiger partial charge is 0.417 e. The number of fused-ring (bicyclic) bond motifs is 1. The molecule has 0 N–H and O–H groups in total. The third-order valence-corrected chi connectivity index (χ3v) is 5.37. The molecule has 1 atom stereocenters. The van der Waals surface area contributed by atoms with E-state index < -0.39 is 34.7 Å². The molecule has 0 aliphatic carbocycles. The molecular formula is C19H14ClF4N5O. The summed E-state index contributed by atoms with van der Waals surface area (Å²) in [6.07, 6.45) is -4.36. The minimum Gasteiger partial charge on any atom is -0.330 e. The summed E-state index contributed by atoms with van der Waals surface area (Å²) in [4.78, 5) is 18.2. The molecule has 3 aromatic rings. The van der Waals surface area contributed by atoms with E-state index in [0.29, 0.717) is 17.8 Å². The van der Waals surface area contributed by atoms with Crippen molar-refractivity contribution in [2.24, 2.45) is 0 Å². The number of benzene rings is 1. The summed E-state index contributed by atoms with van der Waals surface area (Å²) in [6.45, 7) is 1.89. The zero-order valence-corrected chi connectivity index (χ0v) is 16.2. The summed E-state index contributed by atoms with van der Waals surface area (Å²) in [6, 6.07) is 6.92. The number of carbonyl (C=O) groups is 1. The molecule has 11 heteroatoms. The number of hydrogen-bond donors (Lipinski definition) is 0. The fraction of sp³-hybridized carbons (Fsp3) is 0.263. The van der Waals surface area contributed by atoms with Gasteiger partial charge in [-0.1, -0.05) is 28.9 Å². The van der Waals surface area contributed by atoms with Gasteiger partial charge in [0.25, 0.3) is 5.91 Å². The number of carbonyl (C=O) groups excluding carboxylic acids is 1. The molecule has 0 saturated heterocycles. The van der Waals surface area contributed by atoms with Gasteiger partial charge in [0.15, 0.2) is 5.82 Å². The summed E-state index contributed by atoms with van der Waals surface area (Å²) in [5, 5.41) is 7.47. The summed E-state index contributed by atoms with van der Waals surface area (Å²) < 4.78 is 54.3. The molecule has 6 nitrogen and oxygen atoms in total. The predicted octanol–water partition coefficient (Wildman–Crippen LogP) is 4.23. The number of hydrogen-bond acceptors (Lipinski definition) is 4. The van der Waals surface area contributed by atoms with Crippen molar-refractivity contribution in [3.63, 3.8) is 0 Å². The minimum atomic E-state index is -4.67. The molecule has 0 unspecified atom stereocenters. The standard InChI is InChI=1S/C19H14ClF4N5O/c1-10-17-13(29(27-26-17)15-7-3-6-14(21)25-15)8-9-28(10)18(30)11-4-2-5-12(16(11)20)19(22,23)24/h2-7,10H,8-9H2,1H3/t10-/m0/s1. The van der Waals surface area contributed by atoms with Crippen molar-refractivity contribution in [1.29, 1.82) is 0 Å². The highest BCUT2D eigenvalue weighted by molar-refractivity contribution is 6.34. The molecule has 4 rings (SSSR count). The van der Waals surface area contributed by atoms with Gasteiger partial charge in [0.05, 0.1) is 27.9 Å². The lowest BCUT2D eigenvalue weighted by molar-refractivity contribution is -0.137. The highest BCUT2D eigenvalue weighted by Gasteiger charge is 2.37. The number of aromatic nitrogens is 4. The van der Waals surface area contributed by atoms with Gasteiger partial charge in [-0.25, -0.2) is 4.98 Å². The lowest BCUT2D eigenvalue weighted by atomic mass is 10.0. The molecule has 3 heterocycles. The summed E-state index contributed by atoms with van der Waals surface area (Å²) in [7, 11) is 0. The van der Waals surface area contributed by atoms with Crippen LogP contribution < -0.4 is 0 Å². The van der Waals surface area contributed by atoms with Crippen molar-refractivity contribution in [2.75, 3.05) is 6.54 Å². The quantitative estimate of drug-likeness (QED) is 0.443. The molecular weight excluding hydrogens is 426 g/mol. The molecule has 0 spiro atoms. The Balaban J connectivity index is 1.67. The molecule has 0 bridgehead atoms. The Bertz CT molecular complexity index is 1130. The van der Waals surface area contributed by atoms with Gasteiger partial charge in [0.2, 0.25) is 5.95 Å². The zero-order chi connectivity index (χ0) is 21.6. The van der Waals surface area contributed by atoms with E-state index in [-0.39, 0.29) is 17.9 Å². The number of pyridine rings is 1. The van der Waals surface area contributed by atoms with Gasteiger partial charge >= 0.3 is 6.18 Å². The van der Waals surface area contributed by atoms with Crippen LogP contribution in [0.25, 0.3) is 5.82 Å². The summed E-state index contributed by atoms with van der Waals surface area (Å²) >= 11 is 5.91. The molecule has 2 aromatic heterocycles. The monoisotopic (exact) mass is 439 g/mol. The number of halogens is 5. The van der Waals surface area contributed by atoms with E-state index in [1.54, 1.807) is 13.0 Å². The highest BCUT2D eigenvalue weighted by atomic mass is 35.5. The Morgan fingerprint density at radius 1 is 1.20 bits per heavy atom. The number of rotatable bonds is 2. The lowest BCUT2D eigenvalue weighted by Crippen LogP contribution is -2.39. The molecule has 0 radical (unpaired) electrons. The van der Waals surface area contributed by atoms with Crippen molar-refractivity contribution in [3.05, 3.63) is 69.9 Å². The topological polar surface area (TPSA) is 63.9 Å². The van der Waals surface area contributed by atoms with E-state index in [4.69, 9.17) is 11.6 Å². The molecule has 1 aliphatic rings. The molecule has 1 aliphatic heterocycles.